The van der Waals surface area contributed by atoms with Gasteiger partial charge < -0.3 is 14.3 Å². The molecule has 0 aromatic heterocycles. The van der Waals surface area contributed by atoms with Gasteiger partial charge in [0.15, 0.2) is 21.7 Å². The van der Waals surface area contributed by atoms with Gasteiger partial charge in [0.25, 0.3) is 0 Å². The third-order valence-corrected chi connectivity index (χ3v) is 6.26. The molecule has 0 bridgehead atoms. The Balaban J connectivity index is 1.81. The van der Waals surface area contributed by atoms with Crippen LogP contribution >= 0.6 is 0 Å². The maximum atomic E-state index is 12.2. The number of esters is 1. The molecule has 0 amide bonds. The third-order valence-electron chi connectivity index (χ3n) is 3.98. The highest BCUT2D eigenvalue weighted by molar-refractivity contribution is 7.92. The first-order valence-corrected chi connectivity index (χ1v) is 9.31. The largest absolute Gasteiger partial charge is 0.464 e. The molecule has 130 valence electrons. The molecule has 7 nitrogen and oxygen atoms in total. The van der Waals surface area contributed by atoms with Crippen LogP contribution in [0.2, 0.25) is 0 Å². The van der Waals surface area contributed by atoms with E-state index >= 15 is 0 Å². The zero-order valence-electron chi connectivity index (χ0n) is 13.3. The van der Waals surface area contributed by atoms with Gasteiger partial charge >= 0.3 is 5.97 Å². The molecule has 1 saturated heterocycles. The molecule has 1 aromatic carbocycles. The summed E-state index contributed by atoms with van der Waals surface area (Å²) in [7, 11) is -2.01. The van der Waals surface area contributed by atoms with E-state index in [2.05, 4.69) is 5.16 Å². The Morgan fingerprint density at radius 1 is 1.21 bits per heavy atom. The maximum Gasteiger partial charge on any atom is 0.360 e. The van der Waals surface area contributed by atoms with Crippen LogP contribution in [0.25, 0.3) is 0 Å². The van der Waals surface area contributed by atoms with Gasteiger partial charge in [-0.25, -0.2) is 13.2 Å². The van der Waals surface area contributed by atoms with Crippen molar-refractivity contribution in [1.29, 1.82) is 0 Å². The first-order valence-electron chi connectivity index (χ1n) is 7.76. The van der Waals surface area contributed by atoms with Crippen LogP contribution in [0.3, 0.4) is 0 Å². The molecule has 0 spiro atoms. The minimum absolute atomic E-state index is 0.000213. The second kappa shape index (κ2) is 6.90. The van der Waals surface area contributed by atoms with Crippen LogP contribution in [0.1, 0.15) is 24.8 Å². The Bertz CT molecular complexity index is 730. The summed E-state index contributed by atoms with van der Waals surface area (Å²) in [6, 6.07) is 6.05. The summed E-state index contributed by atoms with van der Waals surface area (Å²) in [5, 5.41) is 3.62. The van der Waals surface area contributed by atoms with Crippen molar-refractivity contribution in [3.63, 3.8) is 0 Å². The van der Waals surface area contributed by atoms with Crippen LogP contribution in [-0.2, 0) is 28.9 Å². The van der Waals surface area contributed by atoms with Gasteiger partial charge in [-0.3, -0.25) is 0 Å². The summed E-state index contributed by atoms with van der Waals surface area (Å²) >= 11 is 0. The van der Waals surface area contributed by atoms with Gasteiger partial charge in [0, 0.05) is 12.0 Å². The fourth-order valence-corrected chi connectivity index (χ4v) is 4.06. The predicted octanol–water partition coefficient (Wildman–Crippen LogP) is 1.31. The Morgan fingerprint density at radius 2 is 1.92 bits per heavy atom. The van der Waals surface area contributed by atoms with Crippen molar-refractivity contribution in [1.82, 2.24) is 0 Å². The van der Waals surface area contributed by atoms with Gasteiger partial charge in [-0.15, -0.1) is 0 Å². The van der Waals surface area contributed by atoms with E-state index < -0.39 is 15.8 Å². The van der Waals surface area contributed by atoms with Crippen molar-refractivity contribution in [2.75, 3.05) is 20.3 Å². The summed E-state index contributed by atoms with van der Waals surface area (Å²) in [5.41, 5.74) is 0.440. The van der Waals surface area contributed by atoms with Crippen LogP contribution in [0.4, 0.5) is 0 Å². The number of carbonyl (C=O) groups excluding carboxylic acids is 1. The summed E-state index contributed by atoms with van der Waals surface area (Å²) in [6.45, 7) is 1.03. The molecule has 1 aliphatic carbocycles. The molecule has 24 heavy (non-hydrogen) atoms. The minimum Gasteiger partial charge on any atom is -0.464 e. The number of oxime groups is 1. The Labute approximate surface area is 140 Å². The summed E-state index contributed by atoms with van der Waals surface area (Å²) in [4.78, 5) is 17.5. The van der Waals surface area contributed by atoms with E-state index in [0.717, 1.165) is 0 Å². The molecular weight excluding hydrogens is 334 g/mol. The number of sulfone groups is 1. The molecule has 1 aromatic rings. The second-order valence-electron chi connectivity index (χ2n) is 5.79. The molecule has 1 atom stereocenters. The van der Waals surface area contributed by atoms with Crippen molar-refractivity contribution in [2.24, 2.45) is 5.16 Å². The lowest BCUT2D eigenvalue weighted by Gasteiger charge is -2.09. The average molecular weight is 353 g/mol. The van der Waals surface area contributed by atoms with Gasteiger partial charge in [-0.1, -0.05) is 17.3 Å². The van der Waals surface area contributed by atoms with E-state index in [1.807, 2.05) is 0 Å². The normalized spacial score (nSPS) is 21.5. The number of carbonyl (C=O) groups is 1. The number of ether oxygens (including phenoxy) is 2. The predicted molar refractivity (Wildman–Crippen MR) is 85.5 cm³/mol. The first kappa shape index (κ1) is 16.9. The highest BCUT2D eigenvalue weighted by Gasteiger charge is 2.36. The smallest absolute Gasteiger partial charge is 0.360 e. The fraction of sp³-hybridized carbons (Fsp3) is 0.500. The molecule has 0 radical (unpaired) electrons. The molecule has 0 unspecified atom stereocenters. The number of nitrogens with zero attached hydrogens (tertiary/aromatic N) is 1. The van der Waals surface area contributed by atoms with Crippen LogP contribution in [0.15, 0.2) is 34.3 Å². The molecule has 2 aliphatic rings. The van der Waals surface area contributed by atoms with Gasteiger partial charge in [-0.2, -0.15) is 0 Å². The van der Waals surface area contributed by atoms with Gasteiger partial charge in [0.1, 0.15) is 0 Å². The number of hydrogen-bond donors (Lipinski definition) is 0. The summed E-state index contributed by atoms with van der Waals surface area (Å²) < 4.78 is 34.3. The van der Waals surface area contributed by atoms with Gasteiger partial charge in [-0.05, 0) is 25.0 Å². The number of hydrogen-bond acceptors (Lipinski definition) is 7. The van der Waals surface area contributed by atoms with E-state index in [-0.39, 0.29) is 22.0 Å². The lowest BCUT2D eigenvalue weighted by Crippen LogP contribution is -2.20. The molecule has 2 fully saturated rings. The number of methoxy groups -OCH3 is 1. The highest BCUT2D eigenvalue weighted by Crippen LogP contribution is 2.33. The molecular formula is C16H19NO6S. The maximum absolute atomic E-state index is 12.2. The molecule has 1 aliphatic heterocycles. The van der Waals surface area contributed by atoms with Gasteiger partial charge in [0.05, 0.1) is 30.5 Å². The fourth-order valence-electron chi connectivity index (χ4n) is 2.40. The zero-order valence-corrected chi connectivity index (χ0v) is 14.1. The Hall–Kier alpha value is -1.93. The lowest BCUT2D eigenvalue weighted by atomic mass is 10.1. The summed E-state index contributed by atoms with van der Waals surface area (Å²) in [5.74, 6) is -0.647. The van der Waals surface area contributed by atoms with Crippen LogP contribution in [0.5, 0.6) is 0 Å². The second-order valence-corrected chi connectivity index (χ2v) is 8.02. The van der Waals surface area contributed by atoms with Crippen molar-refractivity contribution in [2.45, 2.75) is 35.5 Å². The van der Waals surface area contributed by atoms with Crippen molar-refractivity contribution < 1.29 is 27.5 Å². The minimum atomic E-state index is -3.26. The number of benzene rings is 1. The summed E-state index contributed by atoms with van der Waals surface area (Å²) in [6.07, 6.45) is 1.92. The Kier molecular flexibility index (Phi) is 4.86. The molecule has 1 saturated carbocycles. The highest BCUT2D eigenvalue weighted by atomic mass is 32.2. The molecule has 0 N–H and O–H groups in total. The lowest BCUT2D eigenvalue weighted by molar-refractivity contribution is -0.132. The van der Waals surface area contributed by atoms with Crippen LogP contribution in [0, 0.1) is 0 Å². The molecule has 8 heteroatoms. The number of rotatable bonds is 6. The van der Waals surface area contributed by atoms with Gasteiger partial charge in [0.2, 0.25) is 0 Å². The van der Waals surface area contributed by atoms with Crippen molar-refractivity contribution in [3.05, 3.63) is 29.8 Å². The van der Waals surface area contributed by atoms with Crippen molar-refractivity contribution >= 4 is 21.5 Å². The monoisotopic (exact) mass is 353 g/mol. The molecule has 1 heterocycles. The van der Waals surface area contributed by atoms with Crippen LogP contribution in [-0.4, -0.2) is 51.8 Å². The quantitative estimate of drug-likeness (QED) is 0.435. The first-order chi connectivity index (χ1) is 11.5. The van der Waals surface area contributed by atoms with Crippen LogP contribution < -0.4 is 0 Å². The van der Waals surface area contributed by atoms with E-state index in [9.17, 15) is 13.2 Å². The van der Waals surface area contributed by atoms with Crippen molar-refractivity contribution in [3.8, 4) is 0 Å². The Morgan fingerprint density at radius 3 is 2.46 bits per heavy atom. The SMILES string of the molecule is COC(=O)/C(=N/O[C@@H]1CCOC1)c1ccc(S(=O)(=O)C2CC2)cc1. The molecule has 3 rings (SSSR count). The van der Waals surface area contributed by atoms with E-state index in [0.29, 0.717) is 38.0 Å². The standard InChI is InChI=1S/C16H19NO6S/c1-21-16(18)15(17-23-12-8-9-22-10-12)11-2-4-13(5-3-11)24(19,20)14-6-7-14/h2-5,12,14H,6-10H2,1H3/b17-15+/t12-/m1/s1. The average Bonchev–Trinajstić information content (AvgIpc) is 3.34. The van der Waals surface area contributed by atoms with E-state index in [4.69, 9.17) is 14.3 Å². The van der Waals surface area contributed by atoms with E-state index in [1.165, 1.54) is 19.2 Å². The van der Waals surface area contributed by atoms with E-state index in [1.54, 1.807) is 12.1 Å². The third kappa shape index (κ3) is 3.59. The zero-order chi connectivity index (χ0) is 17.2. The topological polar surface area (TPSA) is 91.3 Å².